The third-order valence-electron chi connectivity index (χ3n) is 2.49. The number of hydrogen-bond donors (Lipinski definition) is 1. The number of halogens is 3. The van der Waals surface area contributed by atoms with E-state index < -0.39 is 18.1 Å². The van der Waals surface area contributed by atoms with Crippen molar-refractivity contribution in [1.82, 2.24) is 9.38 Å². The molecule has 112 valence electrons. The van der Waals surface area contributed by atoms with Crippen molar-refractivity contribution in [3.05, 3.63) is 30.1 Å². The van der Waals surface area contributed by atoms with Crippen LogP contribution in [-0.2, 0) is 9.53 Å². The van der Waals surface area contributed by atoms with Gasteiger partial charge in [0.05, 0.1) is 6.61 Å². The van der Waals surface area contributed by atoms with Crippen LogP contribution in [0.2, 0.25) is 0 Å². The Hall–Kier alpha value is -2.58. The van der Waals surface area contributed by atoms with Gasteiger partial charge < -0.3 is 10.1 Å². The second-order valence-corrected chi connectivity index (χ2v) is 3.91. The van der Waals surface area contributed by atoms with Crippen LogP contribution in [-0.4, -0.2) is 34.0 Å². The summed E-state index contributed by atoms with van der Waals surface area (Å²) in [4.78, 5) is 26.7. The fourth-order valence-electron chi connectivity index (χ4n) is 1.64. The molecule has 0 radical (unpaired) electrons. The molecule has 0 unspecified atom stereocenters. The molecule has 0 aromatic carbocycles. The Morgan fingerprint density at radius 1 is 1.38 bits per heavy atom. The number of pyridine rings is 1. The average Bonchev–Trinajstić information content (AvgIpc) is 2.77. The number of fused-ring (bicyclic) bond motifs is 1. The van der Waals surface area contributed by atoms with Crippen molar-refractivity contribution in [2.45, 2.75) is 13.1 Å². The van der Waals surface area contributed by atoms with Crippen molar-refractivity contribution in [2.75, 3.05) is 11.9 Å². The van der Waals surface area contributed by atoms with Crippen molar-refractivity contribution in [1.29, 1.82) is 0 Å². The summed E-state index contributed by atoms with van der Waals surface area (Å²) in [5.41, 5.74) is -0.182. The van der Waals surface area contributed by atoms with E-state index in [1.54, 1.807) is 18.3 Å². The normalized spacial score (nSPS) is 11.4. The van der Waals surface area contributed by atoms with Crippen LogP contribution in [0, 0.1) is 0 Å². The van der Waals surface area contributed by atoms with E-state index in [0.29, 0.717) is 0 Å². The zero-order valence-electron chi connectivity index (χ0n) is 10.8. The maximum atomic E-state index is 12.4. The first-order chi connectivity index (χ1) is 9.84. The van der Waals surface area contributed by atoms with E-state index in [1.807, 2.05) is 0 Å². The lowest BCUT2D eigenvalue weighted by molar-refractivity contribution is -0.167. The Labute approximate surface area is 116 Å². The highest BCUT2D eigenvalue weighted by atomic mass is 19.4. The molecule has 2 heterocycles. The number of ether oxygens (including phenoxy) is 1. The van der Waals surface area contributed by atoms with Gasteiger partial charge in [0.2, 0.25) is 0 Å². The molecule has 0 saturated carbocycles. The molecule has 1 amide bonds. The summed E-state index contributed by atoms with van der Waals surface area (Å²) < 4.78 is 43.0. The van der Waals surface area contributed by atoms with Gasteiger partial charge in [-0.15, -0.1) is 0 Å². The number of carbonyl (C=O) groups is 2. The molecular weight excluding hydrogens is 291 g/mol. The minimum Gasteiger partial charge on any atom is -0.461 e. The number of nitrogens with zero attached hydrogens (tertiary/aromatic N) is 2. The number of esters is 1. The highest BCUT2D eigenvalue weighted by Gasteiger charge is 2.40. The van der Waals surface area contributed by atoms with Crippen LogP contribution in [0.1, 0.15) is 17.4 Å². The zero-order chi connectivity index (χ0) is 15.6. The van der Waals surface area contributed by atoms with Gasteiger partial charge in [-0.05, 0) is 19.1 Å². The fourth-order valence-corrected chi connectivity index (χ4v) is 1.64. The number of alkyl halides is 3. The lowest BCUT2D eigenvalue weighted by Gasteiger charge is -2.09. The van der Waals surface area contributed by atoms with Gasteiger partial charge in [0.25, 0.3) is 0 Å². The third-order valence-corrected chi connectivity index (χ3v) is 2.49. The first-order valence-electron chi connectivity index (χ1n) is 5.87. The molecule has 0 spiro atoms. The van der Waals surface area contributed by atoms with E-state index in [4.69, 9.17) is 4.74 Å². The summed E-state index contributed by atoms with van der Waals surface area (Å²) in [6.45, 7) is 1.57. The third kappa shape index (κ3) is 2.96. The summed E-state index contributed by atoms with van der Waals surface area (Å²) in [7, 11) is 0. The molecule has 0 fully saturated rings. The Kier molecular flexibility index (Phi) is 3.83. The highest BCUT2D eigenvalue weighted by Crippen LogP contribution is 2.23. The second kappa shape index (κ2) is 5.43. The molecule has 0 aliphatic heterocycles. The number of imidazole rings is 1. The van der Waals surface area contributed by atoms with Crippen LogP contribution < -0.4 is 5.32 Å². The van der Waals surface area contributed by atoms with Crippen LogP contribution in [0.5, 0.6) is 0 Å². The summed E-state index contributed by atoms with van der Waals surface area (Å²) >= 11 is 0. The Morgan fingerprint density at radius 2 is 2.10 bits per heavy atom. The Bertz CT molecular complexity index is 694. The van der Waals surface area contributed by atoms with Crippen molar-refractivity contribution < 1.29 is 27.5 Å². The molecule has 0 aliphatic rings. The number of amides is 1. The van der Waals surface area contributed by atoms with Gasteiger partial charge in [-0.2, -0.15) is 13.2 Å². The van der Waals surface area contributed by atoms with E-state index in [2.05, 4.69) is 4.98 Å². The van der Waals surface area contributed by atoms with E-state index in [9.17, 15) is 22.8 Å². The summed E-state index contributed by atoms with van der Waals surface area (Å²) in [5, 5.41) is 1.65. The summed E-state index contributed by atoms with van der Waals surface area (Å²) in [5.74, 6) is -3.50. The molecule has 2 rings (SSSR count). The molecule has 6 nitrogen and oxygen atoms in total. The van der Waals surface area contributed by atoms with Gasteiger partial charge in [-0.3, -0.25) is 9.20 Å². The quantitative estimate of drug-likeness (QED) is 0.880. The second-order valence-electron chi connectivity index (χ2n) is 3.91. The largest absolute Gasteiger partial charge is 0.471 e. The van der Waals surface area contributed by atoms with Crippen LogP contribution in [0.15, 0.2) is 24.4 Å². The highest BCUT2D eigenvalue weighted by molar-refractivity contribution is 6.01. The number of anilines is 1. The molecule has 2 aromatic rings. The van der Waals surface area contributed by atoms with Crippen LogP contribution in [0.3, 0.4) is 0 Å². The summed E-state index contributed by atoms with van der Waals surface area (Å²) in [6, 6.07) is 4.59. The van der Waals surface area contributed by atoms with Gasteiger partial charge in [0.15, 0.2) is 11.5 Å². The average molecular weight is 301 g/mol. The summed E-state index contributed by atoms with van der Waals surface area (Å²) in [6.07, 6.45) is -3.71. The Morgan fingerprint density at radius 3 is 2.71 bits per heavy atom. The number of nitrogens with one attached hydrogen (secondary N) is 1. The van der Waals surface area contributed by atoms with Crippen molar-refractivity contribution in [3.8, 4) is 0 Å². The molecule has 0 atom stereocenters. The lowest BCUT2D eigenvalue weighted by atomic mass is 10.4. The molecule has 0 bridgehead atoms. The van der Waals surface area contributed by atoms with Crippen LogP contribution >= 0.6 is 0 Å². The van der Waals surface area contributed by atoms with Crippen LogP contribution in [0.4, 0.5) is 19.0 Å². The van der Waals surface area contributed by atoms with Crippen molar-refractivity contribution in [2.24, 2.45) is 0 Å². The fraction of sp³-hybridized carbons (Fsp3) is 0.250. The zero-order valence-corrected chi connectivity index (χ0v) is 10.8. The molecular formula is C12H10F3N3O3. The molecule has 1 N–H and O–H groups in total. The van der Waals surface area contributed by atoms with E-state index >= 15 is 0 Å². The van der Waals surface area contributed by atoms with Gasteiger partial charge in [0, 0.05) is 6.20 Å². The van der Waals surface area contributed by atoms with Gasteiger partial charge in [-0.1, -0.05) is 6.07 Å². The first kappa shape index (κ1) is 14.8. The van der Waals surface area contributed by atoms with Crippen LogP contribution in [0.25, 0.3) is 5.65 Å². The van der Waals surface area contributed by atoms with E-state index in [0.717, 1.165) is 4.40 Å². The molecule has 0 saturated heterocycles. The SMILES string of the molecule is CCOC(=O)c1nc2ccccn2c1NC(=O)C(F)(F)F. The maximum Gasteiger partial charge on any atom is 0.471 e. The van der Waals surface area contributed by atoms with Gasteiger partial charge >= 0.3 is 18.1 Å². The molecule has 9 heteroatoms. The Balaban J connectivity index is 2.50. The molecule has 0 aliphatic carbocycles. The van der Waals surface area contributed by atoms with Gasteiger partial charge in [0.1, 0.15) is 5.65 Å². The van der Waals surface area contributed by atoms with E-state index in [-0.39, 0.29) is 23.8 Å². The van der Waals surface area contributed by atoms with Crippen molar-refractivity contribution in [3.63, 3.8) is 0 Å². The van der Waals surface area contributed by atoms with Crippen molar-refractivity contribution >= 4 is 23.3 Å². The van der Waals surface area contributed by atoms with E-state index in [1.165, 1.54) is 18.3 Å². The number of carbonyl (C=O) groups excluding carboxylic acids is 2. The predicted octanol–water partition coefficient (Wildman–Crippen LogP) is 2.01. The standard InChI is InChI=1S/C12H10F3N3O3/c1-2-21-10(19)8-9(17-11(20)12(13,14)15)18-6-4-3-5-7(18)16-8/h3-6H,2H2,1H3,(H,17,20). The molecule has 21 heavy (non-hydrogen) atoms. The smallest absolute Gasteiger partial charge is 0.461 e. The van der Waals surface area contributed by atoms with Gasteiger partial charge in [-0.25, -0.2) is 9.78 Å². The molecule has 2 aromatic heterocycles. The number of rotatable bonds is 3. The minimum absolute atomic E-state index is 0.0271. The predicted molar refractivity (Wildman–Crippen MR) is 65.8 cm³/mol. The monoisotopic (exact) mass is 301 g/mol. The minimum atomic E-state index is -5.08. The number of hydrogen-bond acceptors (Lipinski definition) is 4. The number of aromatic nitrogens is 2. The first-order valence-corrected chi connectivity index (χ1v) is 5.87. The topological polar surface area (TPSA) is 72.7 Å². The lowest BCUT2D eigenvalue weighted by Crippen LogP contribution is -2.31. The maximum absolute atomic E-state index is 12.4.